The maximum Gasteiger partial charge on any atom is 0.327 e. The molecular weight excluding hydrogens is 1450 g/mol. The van der Waals surface area contributed by atoms with Crippen molar-refractivity contribution in [1.29, 1.82) is 0 Å². The number of nitrogens with one attached hydrogen (secondary N) is 9. The normalized spacial score (nSPS) is 15.7. The number of aliphatic hydroxyl groups excluding tert-OH is 2. The number of carbonyl (C=O) groups excluding carboxylic acids is 12. The van der Waals surface area contributed by atoms with E-state index in [-0.39, 0.29) is 95.5 Å². The number of nitrogens with zero attached hydrogens (tertiary/aromatic N) is 1. The highest BCUT2D eigenvalue weighted by Gasteiger charge is 2.42. The van der Waals surface area contributed by atoms with Crippen LogP contribution in [0.2, 0.25) is 0 Å². The van der Waals surface area contributed by atoms with Gasteiger partial charge in [-0.3, -0.25) is 62.3 Å². The van der Waals surface area contributed by atoms with Gasteiger partial charge < -0.3 is 99.3 Å². The second-order valence-corrected chi connectivity index (χ2v) is 27.0. The summed E-state index contributed by atoms with van der Waals surface area (Å²) in [6, 6.07) is 8.95. The molecule has 4 aromatic rings. The number of aromatic hydroxyl groups is 3. The Hall–Kier alpha value is -11.0. The number of phenolic OH excluding ortho intramolecular Hbond substituents is 3. The average molecular weight is 1540 g/mol. The van der Waals surface area contributed by atoms with E-state index in [2.05, 4.69) is 73.1 Å². The highest BCUT2D eigenvalue weighted by atomic mass is 32.2. The Bertz CT molecular complexity index is 4300. The molecule has 12 amide bonds. The van der Waals surface area contributed by atoms with Gasteiger partial charge in [0.2, 0.25) is 65.0 Å². The quantitative estimate of drug-likeness (QED) is 0.0160. The number of hydrogen-bond donors (Lipinski definition) is 19. The third-order valence-corrected chi connectivity index (χ3v) is 18.7. The zero-order chi connectivity index (χ0) is 78.5. The number of fused-ring (bicyclic) bond motifs is 2. The molecule has 2 heterocycles. The Kier molecular flexibility index (Phi) is 30.3. The molecule has 0 spiro atoms. The number of likely N-dealkylation sites (tertiary alicyclic amines) is 1. The standard InChI is InChI=1S/C71H84N12O21S3/c1-34(84)59(82-66(97)51(32-105)79-61(92)43-8-5-4-7-42(43)58-44-20-18-40(88)29-54(44)104-55-30-41(89)19-21-45(55)58)68(99)75-47(24-26-107-3)70(101)83-25-6-9-53(83)67(98)77-49(28-37-12-16-39(87)17-13-37)63(94)74-46(22-23-56(72)90)62(93)81-60(35(2)85)69(100)78-50(31-57(73)91)65(96)76-48(27-36-10-14-38(86)15-11-36)64(95)80-52(33-106)71(102)103/h4-5,7-8,10-21,29-30,34-35,46-53,59-60,84-88,105-106H,6,9,22-28,31-33H2,1-3H3,(H2,72,90)(H2,73,91)(H,74,94)(H,75,99)(H,76,96)(H,77,98)(H,78,100)(H,79,92)(H,80,95)(H,81,93)(H,82,97)(H,102,103)/t34-,35-,46+,47+,48+,49+,50+,51+,52+,53+,59+,60+/m1/s1. The summed E-state index contributed by atoms with van der Waals surface area (Å²) in [6.07, 6.45) is -4.38. The first kappa shape index (κ1) is 83.3. The number of phenols is 3. The Balaban J connectivity index is 1.06. The molecule has 1 aliphatic carbocycles. The molecular formula is C71H84N12O21S3. The van der Waals surface area contributed by atoms with Gasteiger partial charge in [-0.05, 0) is 123 Å². The Morgan fingerprint density at radius 2 is 1.07 bits per heavy atom. The zero-order valence-corrected chi connectivity index (χ0v) is 60.6. The van der Waals surface area contributed by atoms with E-state index in [9.17, 15) is 97.8 Å². The minimum Gasteiger partial charge on any atom is -0.508 e. The second kappa shape index (κ2) is 38.9. The van der Waals surface area contributed by atoms with Crippen molar-refractivity contribution in [3.05, 3.63) is 136 Å². The fraction of sp³-hybridized carbons (Fsp3) is 0.380. The van der Waals surface area contributed by atoms with Crippen LogP contribution >= 0.6 is 37.0 Å². The number of aliphatic carboxylic acids is 1. The topological polar surface area (TPSA) is 537 Å². The lowest BCUT2D eigenvalue weighted by Crippen LogP contribution is -2.62. The first-order valence-electron chi connectivity index (χ1n) is 33.6. The van der Waals surface area contributed by atoms with Crippen molar-refractivity contribution in [2.75, 3.05) is 30.1 Å². The van der Waals surface area contributed by atoms with Gasteiger partial charge in [-0.25, -0.2) is 4.79 Å². The molecule has 12 atom stereocenters. The summed E-state index contributed by atoms with van der Waals surface area (Å²) >= 11 is 9.59. The highest BCUT2D eigenvalue weighted by Crippen LogP contribution is 2.42. The molecule has 0 radical (unpaired) electrons. The molecule has 0 bridgehead atoms. The van der Waals surface area contributed by atoms with E-state index in [1.165, 1.54) is 109 Å². The number of hydrogen-bond acceptors (Lipinski definition) is 23. The Labute approximate surface area is 627 Å². The second-order valence-electron chi connectivity index (χ2n) is 25.3. The lowest BCUT2D eigenvalue weighted by Gasteiger charge is -2.31. The van der Waals surface area contributed by atoms with E-state index in [4.69, 9.17) is 15.9 Å². The van der Waals surface area contributed by atoms with Crippen LogP contribution in [0.25, 0.3) is 33.4 Å². The number of rotatable bonds is 37. The molecule has 0 saturated carbocycles. The number of thioether (sulfide) groups is 1. The summed E-state index contributed by atoms with van der Waals surface area (Å²) < 4.78 is 5.98. The number of nitrogens with two attached hydrogens (primary N) is 2. The number of carbonyl (C=O) groups is 13. The van der Waals surface area contributed by atoms with Gasteiger partial charge in [0, 0.05) is 71.5 Å². The summed E-state index contributed by atoms with van der Waals surface area (Å²) in [7, 11) is 0. The van der Waals surface area contributed by atoms with Crippen LogP contribution in [0.4, 0.5) is 0 Å². The number of primary amides is 2. The predicted octanol–water partition coefficient (Wildman–Crippen LogP) is -1.27. The van der Waals surface area contributed by atoms with E-state index in [1.807, 2.05) is 0 Å². The molecule has 0 aromatic heterocycles. The number of aliphatic hydroxyl groups is 2. The molecule has 1 saturated heterocycles. The number of carboxylic acid groups (broad SMARTS) is 1. The SMILES string of the molecule is CSCC[C@H](NC(=O)[C@@H](NC(=O)[C@H](CS)NC(=O)c1ccccc1-c1c2ccc(=O)cc-2oc2cc(O)ccc12)[C@@H](C)O)C(=O)N1CCC[C@H]1C(=O)N[C@@H](Cc1ccc(O)cc1)C(=O)N[C@@H](CCC(N)=O)C(=O)N[C@H](C(=O)N[C@@H](CC(N)=O)C(=O)N[C@@H](Cc1ccc(O)cc1)C(=O)N[C@@H](CS)C(=O)O)[C@@H](C)O. The molecule has 19 N–H and O–H groups in total. The summed E-state index contributed by atoms with van der Waals surface area (Å²) in [5, 5.41) is 84.2. The molecule has 1 fully saturated rings. The lowest BCUT2D eigenvalue weighted by molar-refractivity contribution is -0.143. The fourth-order valence-corrected chi connectivity index (χ4v) is 12.7. The minimum absolute atomic E-state index is 0.0108. The number of carboxylic acids is 1. The molecule has 572 valence electrons. The molecule has 3 aliphatic rings. The van der Waals surface area contributed by atoms with Crippen molar-refractivity contribution in [2.24, 2.45) is 11.5 Å². The van der Waals surface area contributed by atoms with Gasteiger partial charge in [-0.1, -0.05) is 42.5 Å². The first-order valence-corrected chi connectivity index (χ1v) is 36.2. The summed E-state index contributed by atoms with van der Waals surface area (Å²) in [5.41, 5.74) is 12.8. The van der Waals surface area contributed by atoms with Gasteiger partial charge >= 0.3 is 5.97 Å². The van der Waals surface area contributed by atoms with Crippen LogP contribution in [0, 0.1) is 0 Å². The van der Waals surface area contributed by atoms with Gasteiger partial charge in [-0.15, -0.1) is 0 Å². The molecule has 7 rings (SSSR count). The van der Waals surface area contributed by atoms with Crippen molar-refractivity contribution in [3.63, 3.8) is 0 Å². The van der Waals surface area contributed by atoms with Crippen molar-refractivity contribution in [2.45, 2.75) is 138 Å². The van der Waals surface area contributed by atoms with Crippen LogP contribution in [0.15, 0.2) is 118 Å². The Morgan fingerprint density at radius 3 is 1.63 bits per heavy atom. The predicted molar refractivity (Wildman–Crippen MR) is 395 cm³/mol. The highest BCUT2D eigenvalue weighted by molar-refractivity contribution is 7.98. The van der Waals surface area contributed by atoms with Gasteiger partial charge in [0.05, 0.1) is 18.6 Å². The van der Waals surface area contributed by atoms with E-state index in [0.29, 0.717) is 33.2 Å². The zero-order valence-electron chi connectivity index (χ0n) is 58.0. The number of thiol groups is 2. The van der Waals surface area contributed by atoms with Gasteiger partial charge in [0.25, 0.3) is 5.91 Å². The van der Waals surface area contributed by atoms with Gasteiger partial charge in [0.1, 0.15) is 89.0 Å². The van der Waals surface area contributed by atoms with E-state index >= 15 is 0 Å². The summed E-state index contributed by atoms with van der Waals surface area (Å²) in [5.74, 6) is -14.8. The van der Waals surface area contributed by atoms with E-state index in [0.717, 1.165) is 6.92 Å². The van der Waals surface area contributed by atoms with E-state index < -0.39 is 169 Å². The summed E-state index contributed by atoms with van der Waals surface area (Å²) in [6.45, 7) is 2.18. The third-order valence-electron chi connectivity index (χ3n) is 17.3. The van der Waals surface area contributed by atoms with Crippen LogP contribution in [-0.4, -0.2) is 215 Å². The lowest BCUT2D eigenvalue weighted by atomic mass is 9.90. The first-order chi connectivity index (χ1) is 50.8. The maximum atomic E-state index is 14.8. The molecule has 2 aliphatic heterocycles. The monoisotopic (exact) mass is 1540 g/mol. The van der Waals surface area contributed by atoms with Crippen molar-refractivity contribution >= 4 is 125 Å². The average Bonchev–Trinajstić information content (AvgIpc) is 1.19. The van der Waals surface area contributed by atoms with Crippen LogP contribution < -0.4 is 64.7 Å². The molecule has 0 unspecified atom stereocenters. The molecule has 36 heteroatoms. The van der Waals surface area contributed by atoms with Crippen molar-refractivity contribution < 1.29 is 97.4 Å². The number of amides is 12. The van der Waals surface area contributed by atoms with Crippen LogP contribution in [-0.2, 0) is 70.4 Å². The van der Waals surface area contributed by atoms with Crippen LogP contribution in [0.1, 0.15) is 73.9 Å². The third kappa shape index (κ3) is 23.0. The van der Waals surface area contributed by atoms with Crippen molar-refractivity contribution in [1.82, 2.24) is 52.8 Å². The molecule has 33 nitrogen and oxygen atoms in total. The molecule has 107 heavy (non-hydrogen) atoms. The fourth-order valence-electron chi connectivity index (χ4n) is 11.7. The minimum atomic E-state index is -2.04. The molecule has 4 aromatic carbocycles. The van der Waals surface area contributed by atoms with Gasteiger partial charge in [0.15, 0.2) is 5.43 Å². The smallest absolute Gasteiger partial charge is 0.327 e. The van der Waals surface area contributed by atoms with E-state index in [1.54, 1.807) is 30.5 Å². The van der Waals surface area contributed by atoms with Crippen molar-refractivity contribution in [3.8, 4) is 39.7 Å². The number of benzene rings is 5. The largest absolute Gasteiger partial charge is 0.508 e. The van der Waals surface area contributed by atoms with Crippen LogP contribution in [0.5, 0.6) is 17.2 Å². The maximum absolute atomic E-state index is 14.8. The van der Waals surface area contributed by atoms with Crippen LogP contribution in [0.3, 0.4) is 0 Å². The van der Waals surface area contributed by atoms with Gasteiger partial charge in [-0.2, -0.15) is 37.0 Å². The Morgan fingerprint density at radius 1 is 0.561 bits per heavy atom. The summed E-state index contributed by atoms with van der Waals surface area (Å²) in [4.78, 5) is 193.